The summed E-state index contributed by atoms with van der Waals surface area (Å²) < 4.78 is 6.29. The second-order valence-electron chi connectivity index (χ2n) is 14.1. The molecule has 0 bridgehead atoms. The van der Waals surface area contributed by atoms with Gasteiger partial charge >= 0.3 is 0 Å². The average Bonchev–Trinajstić information content (AvgIpc) is 3.63. The fraction of sp³-hybridized carbons (Fsp3) is 0. The van der Waals surface area contributed by atoms with Crippen molar-refractivity contribution in [1.82, 2.24) is 0 Å². The predicted octanol–water partition coefficient (Wildman–Crippen LogP) is 0.527. The Balaban J connectivity index is 1.44. The molecule has 4 N–H and O–H groups in total. The molecule has 0 amide bonds. The van der Waals surface area contributed by atoms with Gasteiger partial charge in [0.05, 0.1) is 5.56 Å². The van der Waals surface area contributed by atoms with E-state index in [2.05, 4.69) is 0 Å². The van der Waals surface area contributed by atoms with E-state index in [1.807, 2.05) is 91.0 Å². The van der Waals surface area contributed by atoms with Crippen LogP contribution in [-0.4, -0.2) is 91.0 Å². The van der Waals surface area contributed by atoms with Crippen LogP contribution >= 0.6 is 0 Å². The van der Waals surface area contributed by atoms with Crippen LogP contribution in [-0.2, 0) is 0 Å². The molecule has 18 radical (unpaired) electrons. The van der Waals surface area contributed by atoms with Crippen molar-refractivity contribution in [2.24, 2.45) is 0 Å². The molecule has 0 aliphatic carbocycles. The summed E-state index contributed by atoms with van der Waals surface area (Å²) in [4.78, 5) is 0. The number of benzene rings is 8. The highest BCUT2D eigenvalue weighted by Gasteiger charge is 2.29. The number of hydrogen-bond donors (Lipinski definition) is 4. The molecule has 0 saturated carbocycles. The Morgan fingerprint density at radius 1 is 0.310 bits per heavy atom. The number of rotatable bonds is 4. The number of furan rings is 1. The van der Waals surface area contributed by atoms with Crippen molar-refractivity contribution in [2.75, 3.05) is 0 Å². The van der Waals surface area contributed by atoms with E-state index < -0.39 is 23.0 Å². The maximum absolute atomic E-state index is 11.5. The van der Waals surface area contributed by atoms with Gasteiger partial charge in [0.15, 0.2) is 0 Å². The van der Waals surface area contributed by atoms with Gasteiger partial charge in [-0.2, -0.15) is 0 Å². The van der Waals surface area contributed by atoms with E-state index in [9.17, 15) is 20.4 Å². The Bertz CT molecular complexity index is 3140. The Kier molecular flexibility index (Phi) is 8.70. The van der Waals surface area contributed by atoms with Crippen LogP contribution in [0.3, 0.4) is 0 Å². The number of aromatic hydroxyl groups is 4. The van der Waals surface area contributed by atoms with Crippen molar-refractivity contribution in [1.29, 1.82) is 0 Å². The molecule has 0 aliphatic rings. The highest BCUT2D eigenvalue weighted by atomic mass is 16.3. The minimum atomic E-state index is -0.687. The molecule has 0 atom stereocenters. The van der Waals surface area contributed by atoms with Gasteiger partial charge < -0.3 is 24.8 Å². The van der Waals surface area contributed by atoms with Crippen molar-refractivity contribution in [3.05, 3.63) is 91.0 Å². The van der Waals surface area contributed by atoms with Crippen LogP contribution in [0.5, 0.6) is 23.0 Å². The molecule has 0 unspecified atom stereocenters. The summed E-state index contributed by atoms with van der Waals surface area (Å²) in [7, 11) is 58.1. The zero-order valence-electron chi connectivity index (χ0n) is 30.6. The van der Waals surface area contributed by atoms with Crippen molar-refractivity contribution in [2.45, 2.75) is 0 Å². The number of para-hydroxylation sites is 1. The predicted molar refractivity (Wildman–Crippen MR) is 246 cm³/mol. The minimum Gasteiger partial charge on any atom is -0.509 e. The molecule has 0 aliphatic heterocycles. The molecule has 1 heterocycles. The SMILES string of the molecule is [B]c1c([B])c(O)c(-c2c3c([B])c([B])c(O)c([B])c3c(-c3ccc(-c4c(-c5ccccc5)ccc5oc6ccccc6c45)cc3)c3c([B])c(O)c([B])c([B])c23)c(O)c1[B]. The molecular weight excluding hydrogens is 706 g/mol. The topological polar surface area (TPSA) is 94.1 Å². The quantitative estimate of drug-likeness (QED) is 0.157. The van der Waals surface area contributed by atoms with Crippen LogP contribution in [0.2, 0.25) is 0 Å². The summed E-state index contributed by atoms with van der Waals surface area (Å²) in [5.74, 6) is -2.47. The average molecular weight is 725 g/mol. The van der Waals surface area contributed by atoms with Gasteiger partial charge in [-0.25, -0.2) is 0 Å². The lowest BCUT2D eigenvalue weighted by molar-refractivity contribution is 0.460. The first-order valence-corrected chi connectivity index (χ1v) is 17.9. The Morgan fingerprint density at radius 2 is 0.776 bits per heavy atom. The highest BCUT2D eigenvalue weighted by molar-refractivity contribution is 6.65. The molecule has 9 aromatic rings. The zero-order valence-corrected chi connectivity index (χ0v) is 30.6. The molecule has 0 fully saturated rings. The summed E-state index contributed by atoms with van der Waals surface area (Å²) in [6.07, 6.45) is 0. The molecular formula is C44H19B9O5. The smallest absolute Gasteiger partial charge is 0.136 e. The van der Waals surface area contributed by atoms with Crippen LogP contribution in [0, 0.1) is 0 Å². The van der Waals surface area contributed by atoms with Crippen molar-refractivity contribution in [3.8, 4) is 67.5 Å². The Labute approximate surface area is 345 Å². The molecule has 252 valence electrons. The summed E-state index contributed by atoms with van der Waals surface area (Å²) >= 11 is 0. The summed E-state index contributed by atoms with van der Waals surface area (Å²) in [5.41, 5.74) is 2.88. The normalized spacial score (nSPS) is 11.7. The first-order chi connectivity index (χ1) is 27.7. The van der Waals surface area contributed by atoms with Crippen LogP contribution < -0.4 is 49.2 Å². The number of phenolic OH excluding ortho intramolecular Hbond substituents is 4. The lowest BCUT2D eigenvalue weighted by Crippen LogP contribution is -2.40. The van der Waals surface area contributed by atoms with E-state index in [1.165, 1.54) is 0 Å². The first-order valence-electron chi connectivity index (χ1n) is 17.9. The van der Waals surface area contributed by atoms with E-state index >= 15 is 0 Å². The second-order valence-corrected chi connectivity index (χ2v) is 14.1. The van der Waals surface area contributed by atoms with Gasteiger partial charge in [-0.1, -0.05) is 112 Å². The second kappa shape index (κ2) is 13.5. The summed E-state index contributed by atoms with van der Waals surface area (Å²) in [5, 5.41) is 47.8. The standard InChI is InChI=1S/C44H19B9O5/c45-32-29-26(31-41(54)39(52)36(49)40(53)42(31)55)30-28(35(48)44(57)38(51)33(30)46)24(27(29)34(47)43(56)37(32)50)18-12-10-17(11-13-18)23-19(16-6-2-1-3-7-16)14-15-22-25(23)20-8-4-5-9-21(20)58-22/h1-15,54-57H. The molecule has 14 heteroatoms. The van der Waals surface area contributed by atoms with Gasteiger partial charge in [0, 0.05) is 21.9 Å². The van der Waals surface area contributed by atoms with Crippen molar-refractivity contribution < 1.29 is 24.8 Å². The zero-order chi connectivity index (χ0) is 41.1. The fourth-order valence-corrected chi connectivity index (χ4v) is 8.21. The van der Waals surface area contributed by atoms with Crippen LogP contribution in [0.25, 0.3) is 88.0 Å². The van der Waals surface area contributed by atoms with Gasteiger partial charge in [-0.3, -0.25) is 0 Å². The summed E-state index contributed by atoms with van der Waals surface area (Å²) in [6, 6.07) is 29.3. The third kappa shape index (κ3) is 5.16. The largest absolute Gasteiger partial charge is 0.509 e. The minimum absolute atomic E-state index is 0.0192. The molecule has 58 heavy (non-hydrogen) atoms. The lowest BCUT2D eigenvalue weighted by atomic mass is 9.63. The van der Waals surface area contributed by atoms with E-state index in [0.29, 0.717) is 11.1 Å². The lowest BCUT2D eigenvalue weighted by Gasteiger charge is -2.28. The molecule has 0 spiro atoms. The van der Waals surface area contributed by atoms with Gasteiger partial charge in [-0.15, -0.1) is 5.46 Å². The molecule has 0 saturated heterocycles. The monoisotopic (exact) mass is 726 g/mol. The molecule has 1 aromatic heterocycles. The number of phenols is 4. The maximum Gasteiger partial charge on any atom is 0.136 e. The van der Waals surface area contributed by atoms with Gasteiger partial charge in [0.2, 0.25) is 0 Å². The first kappa shape index (κ1) is 37.4. The van der Waals surface area contributed by atoms with Gasteiger partial charge in [0.25, 0.3) is 0 Å². The Hall–Kier alpha value is -6.14. The molecule has 8 aromatic carbocycles. The van der Waals surface area contributed by atoms with E-state index in [0.717, 1.165) is 38.6 Å². The molecule has 9 rings (SSSR count). The molecule has 5 nitrogen and oxygen atoms in total. The maximum atomic E-state index is 11.5. The number of hydrogen-bond acceptors (Lipinski definition) is 5. The van der Waals surface area contributed by atoms with E-state index in [1.54, 1.807) is 0 Å². The van der Waals surface area contributed by atoms with Crippen molar-refractivity contribution >= 4 is 163 Å². The van der Waals surface area contributed by atoms with Crippen LogP contribution in [0.4, 0.5) is 0 Å². The van der Waals surface area contributed by atoms with Crippen LogP contribution in [0.15, 0.2) is 95.4 Å². The highest BCUT2D eigenvalue weighted by Crippen LogP contribution is 2.47. The van der Waals surface area contributed by atoms with E-state index in [4.69, 9.17) is 75.0 Å². The van der Waals surface area contributed by atoms with Crippen LogP contribution in [0.1, 0.15) is 0 Å². The third-order valence-corrected chi connectivity index (χ3v) is 11.1. The van der Waals surface area contributed by atoms with Crippen molar-refractivity contribution in [3.63, 3.8) is 0 Å². The van der Waals surface area contributed by atoms with Gasteiger partial charge in [-0.05, 0) is 72.4 Å². The Morgan fingerprint density at radius 3 is 1.33 bits per heavy atom. The summed E-state index contributed by atoms with van der Waals surface area (Å²) in [6.45, 7) is 0. The van der Waals surface area contributed by atoms with E-state index in [-0.39, 0.29) is 87.4 Å². The third-order valence-electron chi connectivity index (χ3n) is 11.1. The number of fused-ring (bicyclic) bond motifs is 5. The fourth-order valence-electron chi connectivity index (χ4n) is 8.21. The van der Waals surface area contributed by atoms with Gasteiger partial charge in [0.1, 0.15) is 105 Å².